The van der Waals surface area contributed by atoms with Gasteiger partial charge in [0.25, 0.3) is 0 Å². The first-order valence-electron chi connectivity index (χ1n) is 5.88. The Morgan fingerprint density at radius 2 is 1.79 bits per heavy atom. The van der Waals surface area contributed by atoms with E-state index in [4.69, 9.17) is 28.9 Å². The minimum Gasteiger partial charge on any atom is -0.321 e. The molecule has 0 spiro atoms. The zero-order chi connectivity index (χ0) is 14.0. The Balaban J connectivity index is 2.38. The van der Waals surface area contributed by atoms with Gasteiger partial charge in [0.15, 0.2) is 0 Å². The van der Waals surface area contributed by atoms with Gasteiger partial charge in [-0.3, -0.25) is 0 Å². The summed E-state index contributed by atoms with van der Waals surface area (Å²) in [6.45, 7) is 1.82. The molecule has 0 fully saturated rings. The lowest BCUT2D eigenvalue weighted by Gasteiger charge is -2.27. The Kier molecular flexibility index (Phi) is 4.14. The van der Waals surface area contributed by atoms with Crippen LogP contribution >= 0.6 is 23.2 Å². The highest BCUT2D eigenvalue weighted by molar-refractivity contribution is 6.42. The molecule has 4 heteroatoms. The van der Waals surface area contributed by atoms with Gasteiger partial charge in [-0.2, -0.15) is 0 Å². The molecule has 0 heterocycles. The smallest absolute Gasteiger partial charge is 0.126 e. The van der Waals surface area contributed by atoms with Crippen LogP contribution in [0.3, 0.4) is 0 Å². The van der Waals surface area contributed by atoms with E-state index in [-0.39, 0.29) is 5.82 Å². The van der Waals surface area contributed by atoms with Gasteiger partial charge in [0.05, 0.1) is 10.0 Å². The summed E-state index contributed by atoms with van der Waals surface area (Å²) in [5.74, 6) is -0.266. The molecule has 2 aromatic carbocycles. The van der Waals surface area contributed by atoms with Gasteiger partial charge >= 0.3 is 0 Å². The molecule has 0 saturated carbocycles. The van der Waals surface area contributed by atoms with Crippen molar-refractivity contribution in [1.29, 1.82) is 0 Å². The normalized spacial score (nSPS) is 14.2. The molecule has 0 aliphatic heterocycles. The molecule has 0 aliphatic carbocycles. The zero-order valence-corrected chi connectivity index (χ0v) is 12.0. The van der Waals surface area contributed by atoms with Crippen LogP contribution in [0.2, 0.25) is 10.0 Å². The van der Waals surface area contributed by atoms with E-state index in [0.717, 1.165) is 0 Å². The second-order valence-electron chi connectivity index (χ2n) is 4.79. The van der Waals surface area contributed by atoms with Crippen molar-refractivity contribution in [2.24, 2.45) is 5.73 Å². The van der Waals surface area contributed by atoms with Crippen molar-refractivity contribution in [2.75, 3.05) is 0 Å². The second-order valence-corrected chi connectivity index (χ2v) is 5.57. The Hall–Kier alpha value is -1.09. The maximum atomic E-state index is 13.7. The molecule has 0 aliphatic rings. The van der Waals surface area contributed by atoms with Crippen LogP contribution in [-0.2, 0) is 12.0 Å². The lowest BCUT2D eigenvalue weighted by molar-refractivity contribution is 0.475. The first-order chi connectivity index (χ1) is 8.92. The highest BCUT2D eigenvalue weighted by Crippen LogP contribution is 2.34. The molecule has 19 heavy (non-hydrogen) atoms. The molecule has 0 bridgehead atoms. The van der Waals surface area contributed by atoms with E-state index in [9.17, 15) is 4.39 Å². The summed E-state index contributed by atoms with van der Waals surface area (Å²) in [5.41, 5.74) is 6.78. The van der Waals surface area contributed by atoms with Gasteiger partial charge in [0.2, 0.25) is 0 Å². The Labute approximate surface area is 122 Å². The van der Waals surface area contributed by atoms with Gasteiger partial charge < -0.3 is 5.73 Å². The molecule has 0 radical (unpaired) electrons. The van der Waals surface area contributed by atoms with Crippen LogP contribution in [0.1, 0.15) is 18.1 Å². The van der Waals surface area contributed by atoms with Crippen LogP contribution < -0.4 is 5.73 Å². The largest absolute Gasteiger partial charge is 0.321 e. The minimum atomic E-state index is -0.788. The topological polar surface area (TPSA) is 26.0 Å². The van der Waals surface area contributed by atoms with Crippen molar-refractivity contribution in [3.05, 3.63) is 69.5 Å². The number of nitrogens with two attached hydrogens (primary N) is 1. The fourth-order valence-electron chi connectivity index (χ4n) is 2.08. The van der Waals surface area contributed by atoms with Crippen LogP contribution in [0.4, 0.5) is 4.39 Å². The standard InChI is InChI=1S/C15H14Cl2FN/c1-15(19,9-10-5-2-3-8-13(10)18)11-6-4-7-12(16)14(11)17/h2-8H,9,19H2,1H3. The molecular formula is C15H14Cl2FN. The van der Waals surface area contributed by atoms with Crippen LogP contribution in [0.5, 0.6) is 0 Å². The van der Waals surface area contributed by atoms with Gasteiger partial charge in [-0.25, -0.2) is 4.39 Å². The predicted octanol–water partition coefficient (Wildman–Crippen LogP) is 4.55. The van der Waals surface area contributed by atoms with Crippen LogP contribution in [0.15, 0.2) is 42.5 Å². The molecule has 2 aromatic rings. The predicted molar refractivity (Wildman–Crippen MR) is 78.1 cm³/mol. The van der Waals surface area contributed by atoms with Crippen LogP contribution in [-0.4, -0.2) is 0 Å². The molecule has 100 valence electrons. The van der Waals surface area contributed by atoms with Crippen molar-refractivity contribution in [3.8, 4) is 0 Å². The summed E-state index contributed by atoms with van der Waals surface area (Å²) in [6, 6.07) is 11.9. The van der Waals surface area contributed by atoms with Crippen molar-refractivity contribution in [1.82, 2.24) is 0 Å². The summed E-state index contributed by atoms with van der Waals surface area (Å²) in [4.78, 5) is 0. The molecule has 1 unspecified atom stereocenters. The summed E-state index contributed by atoms with van der Waals surface area (Å²) in [6.07, 6.45) is 0.347. The van der Waals surface area contributed by atoms with Crippen LogP contribution in [0.25, 0.3) is 0 Å². The molecule has 2 N–H and O–H groups in total. The van der Waals surface area contributed by atoms with E-state index >= 15 is 0 Å². The average Bonchev–Trinajstić information content (AvgIpc) is 2.35. The molecule has 2 rings (SSSR count). The molecule has 0 saturated heterocycles. The summed E-state index contributed by atoms with van der Waals surface area (Å²) >= 11 is 12.2. The Morgan fingerprint density at radius 1 is 1.11 bits per heavy atom. The summed E-state index contributed by atoms with van der Waals surface area (Å²) in [5, 5.41) is 0.870. The number of hydrogen-bond donors (Lipinski definition) is 1. The Bertz CT molecular complexity index is 596. The quantitative estimate of drug-likeness (QED) is 0.884. The molecule has 0 amide bonds. The maximum Gasteiger partial charge on any atom is 0.126 e. The van der Waals surface area contributed by atoms with E-state index < -0.39 is 5.54 Å². The number of halogens is 3. The number of hydrogen-bond acceptors (Lipinski definition) is 1. The number of rotatable bonds is 3. The lowest BCUT2D eigenvalue weighted by atomic mass is 9.86. The minimum absolute atomic E-state index is 0.266. The van der Waals surface area contributed by atoms with E-state index in [1.165, 1.54) is 6.07 Å². The third-order valence-corrected chi connectivity index (χ3v) is 3.90. The zero-order valence-electron chi connectivity index (χ0n) is 10.5. The van der Waals surface area contributed by atoms with Crippen LogP contribution in [0, 0.1) is 5.82 Å². The summed E-state index contributed by atoms with van der Waals surface area (Å²) < 4.78 is 13.7. The van der Waals surface area contributed by atoms with Gasteiger partial charge in [0.1, 0.15) is 5.82 Å². The Morgan fingerprint density at radius 3 is 2.47 bits per heavy atom. The first kappa shape index (κ1) is 14.3. The highest BCUT2D eigenvalue weighted by atomic mass is 35.5. The molecular weight excluding hydrogens is 284 g/mol. The molecule has 0 aromatic heterocycles. The average molecular weight is 298 g/mol. The van der Waals surface area contributed by atoms with E-state index in [1.54, 1.807) is 30.3 Å². The third-order valence-electron chi connectivity index (χ3n) is 3.08. The third kappa shape index (κ3) is 3.08. The van der Waals surface area contributed by atoms with Gasteiger partial charge in [-0.05, 0) is 36.6 Å². The van der Waals surface area contributed by atoms with Crippen molar-refractivity contribution < 1.29 is 4.39 Å². The van der Waals surface area contributed by atoms with Crippen molar-refractivity contribution >= 4 is 23.2 Å². The van der Waals surface area contributed by atoms with Gasteiger partial charge in [-0.15, -0.1) is 0 Å². The van der Waals surface area contributed by atoms with Gasteiger partial charge in [-0.1, -0.05) is 53.5 Å². The maximum absolute atomic E-state index is 13.7. The fourth-order valence-corrected chi connectivity index (χ4v) is 2.59. The van der Waals surface area contributed by atoms with Crippen molar-refractivity contribution in [2.45, 2.75) is 18.9 Å². The molecule has 1 nitrogen and oxygen atoms in total. The molecule has 1 atom stereocenters. The van der Waals surface area contributed by atoms with E-state index in [0.29, 0.717) is 27.6 Å². The van der Waals surface area contributed by atoms with E-state index in [2.05, 4.69) is 0 Å². The first-order valence-corrected chi connectivity index (χ1v) is 6.64. The fraction of sp³-hybridized carbons (Fsp3) is 0.200. The monoisotopic (exact) mass is 297 g/mol. The van der Waals surface area contributed by atoms with E-state index in [1.807, 2.05) is 13.0 Å². The number of benzene rings is 2. The second kappa shape index (κ2) is 5.49. The highest BCUT2D eigenvalue weighted by Gasteiger charge is 2.26. The summed E-state index contributed by atoms with van der Waals surface area (Å²) in [7, 11) is 0. The lowest BCUT2D eigenvalue weighted by Crippen LogP contribution is -2.36. The van der Waals surface area contributed by atoms with Crippen molar-refractivity contribution in [3.63, 3.8) is 0 Å². The van der Waals surface area contributed by atoms with Gasteiger partial charge in [0, 0.05) is 5.54 Å². The SMILES string of the molecule is CC(N)(Cc1ccccc1F)c1cccc(Cl)c1Cl.